The normalized spacial score (nSPS) is 14.9. The van der Waals surface area contributed by atoms with Gasteiger partial charge in [-0.3, -0.25) is 4.99 Å². The van der Waals surface area contributed by atoms with Crippen LogP contribution in [0.4, 0.5) is 0 Å². The number of nitrogens with zero attached hydrogens (tertiary/aromatic N) is 2. The monoisotopic (exact) mass is 708 g/mol. The quantitative estimate of drug-likeness (QED) is 0.0616. The maximum absolute atomic E-state index is 4.46. The molecule has 1 heterocycles. The molecule has 2 nitrogen and oxygen atoms in total. The first kappa shape index (κ1) is 37.1. The van der Waals surface area contributed by atoms with Crippen LogP contribution in [0.2, 0.25) is 0 Å². The Morgan fingerprint density at radius 3 is 2.48 bits per heavy atom. The highest BCUT2D eigenvalue weighted by molar-refractivity contribution is 6.15. The molecule has 5 aromatic carbocycles. The van der Waals surface area contributed by atoms with Gasteiger partial charge in [0, 0.05) is 42.0 Å². The number of allylic oxidation sites excluding steroid dienone is 7. The number of hydrogen-bond acceptors (Lipinski definition) is 1. The number of benzene rings is 5. The lowest BCUT2D eigenvalue weighted by Crippen LogP contribution is -2.11. The average Bonchev–Trinajstić information content (AvgIpc) is 3.45. The number of aliphatic imine (C=N–C) groups is 1. The second-order valence-corrected chi connectivity index (χ2v) is 16.0. The van der Waals surface area contributed by atoms with Gasteiger partial charge < -0.3 is 4.57 Å². The molecule has 2 heteroatoms. The van der Waals surface area contributed by atoms with Gasteiger partial charge in [0.25, 0.3) is 0 Å². The Hall–Kier alpha value is -5.21. The van der Waals surface area contributed by atoms with Gasteiger partial charge in [0.2, 0.25) is 0 Å². The summed E-state index contributed by atoms with van der Waals surface area (Å²) >= 11 is 0. The molecule has 0 N–H and O–H groups in total. The van der Waals surface area contributed by atoms with Crippen LogP contribution < -0.4 is 0 Å². The van der Waals surface area contributed by atoms with Crippen LogP contribution in [0.1, 0.15) is 93.8 Å². The van der Waals surface area contributed by atoms with E-state index in [1.165, 1.54) is 94.8 Å². The van der Waals surface area contributed by atoms with Gasteiger partial charge in [-0.05, 0) is 155 Å². The van der Waals surface area contributed by atoms with Crippen molar-refractivity contribution in [3.8, 4) is 16.8 Å². The molecule has 0 atom stereocenters. The van der Waals surface area contributed by atoms with E-state index >= 15 is 0 Å². The number of hydrogen-bond donors (Lipinski definition) is 0. The third-order valence-corrected chi connectivity index (χ3v) is 11.3. The molecule has 1 aromatic heterocycles. The predicted octanol–water partition coefficient (Wildman–Crippen LogP) is 14.4. The van der Waals surface area contributed by atoms with Crippen LogP contribution in [0.25, 0.3) is 49.3 Å². The molecule has 274 valence electrons. The Morgan fingerprint density at radius 2 is 1.70 bits per heavy atom. The largest absolute Gasteiger partial charge is 0.313 e. The Bertz CT molecular complexity index is 2470. The predicted molar refractivity (Wildman–Crippen MR) is 237 cm³/mol. The van der Waals surface area contributed by atoms with Crippen molar-refractivity contribution in [2.24, 2.45) is 4.99 Å². The fourth-order valence-electron chi connectivity index (χ4n) is 8.35. The van der Waals surface area contributed by atoms with Crippen LogP contribution >= 0.6 is 0 Å². The Morgan fingerprint density at radius 1 is 0.870 bits per heavy atom. The van der Waals surface area contributed by atoms with Crippen molar-refractivity contribution in [1.29, 1.82) is 0 Å². The van der Waals surface area contributed by atoms with Crippen LogP contribution in [0.15, 0.2) is 132 Å². The zero-order valence-corrected chi connectivity index (χ0v) is 33.5. The highest BCUT2D eigenvalue weighted by Crippen LogP contribution is 2.42. The summed E-state index contributed by atoms with van der Waals surface area (Å²) in [6, 6.07) is 30.3. The highest BCUT2D eigenvalue weighted by atomic mass is 15.0. The van der Waals surface area contributed by atoms with E-state index in [2.05, 4.69) is 173 Å². The van der Waals surface area contributed by atoms with Crippen molar-refractivity contribution in [3.05, 3.63) is 161 Å². The van der Waals surface area contributed by atoms with Crippen LogP contribution in [0.3, 0.4) is 0 Å². The fourth-order valence-corrected chi connectivity index (χ4v) is 8.35. The Balaban J connectivity index is 1.42. The molecule has 1 aliphatic carbocycles. The summed E-state index contributed by atoms with van der Waals surface area (Å²) in [5.41, 5.74) is 14.9. The zero-order chi connectivity index (χ0) is 37.8. The third-order valence-electron chi connectivity index (χ3n) is 11.3. The van der Waals surface area contributed by atoms with E-state index in [1.807, 2.05) is 12.4 Å². The van der Waals surface area contributed by atoms with Crippen LogP contribution in [-0.4, -0.2) is 10.8 Å². The lowest BCUT2D eigenvalue weighted by molar-refractivity contribution is 0.590. The van der Waals surface area contributed by atoms with Crippen molar-refractivity contribution >= 4 is 38.7 Å². The molecule has 0 unspecified atom stereocenters. The SMILES string of the molecule is C/C=C(\C=C/Cc1cc(-c2ccc3c(c2)c2c(n3-c3ccccc3)C/C=C\CCC2)c2ccc3cc(C(C)(C)C)cc(C)c3c2c1C)C/C=N\C=C/CC. The first-order valence-electron chi connectivity index (χ1n) is 20.0. The van der Waals surface area contributed by atoms with Gasteiger partial charge in [0.1, 0.15) is 0 Å². The second-order valence-electron chi connectivity index (χ2n) is 16.0. The van der Waals surface area contributed by atoms with Crippen molar-refractivity contribution in [2.75, 3.05) is 0 Å². The van der Waals surface area contributed by atoms with Crippen molar-refractivity contribution in [2.45, 2.75) is 98.8 Å². The average molecular weight is 709 g/mol. The van der Waals surface area contributed by atoms with E-state index in [0.29, 0.717) is 0 Å². The molecule has 0 amide bonds. The van der Waals surface area contributed by atoms with Crippen LogP contribution in [0, 0.1) is 13.8 Å². The lowest BCUT2D eigenvalue weighted by Gasteiger charge is -2.22. The minimum Gasteiger partial charge on any atom is -0.313 e. The van der Waals surface area contributed by atoms with Gasteiger partial charge >= 0.3 is 0 Å². The Labute approximate surface area is 323 Å². The third kappa shape index (κ3) is 7.45. The summed E-state index contributed by atoms with van der Waals surface area (Å²) in [7, 11) is 0. The maximum Gasteiger partial charge on any atom is 0.0534 e. The summed E-state index contributed by atoms with van der Waals surface area (Å²) in [4.78, 5) is 4.46. The first-order chi connectivity index (χ1) is 26.2. The molecular weight excluding hydrogens is 653 g/mol. The fraction of sp³-hybridized carbons (Fsp3) is 0.288. The van der Waals surface area contributed by atoms with Crippen molar-refractivity contribution < 1.29 is 0 Å². The molecule has 0 spiro atoms. The van der Waals surface area contributed by atoms with Gasteiger partial charge in [0.05, 0.1) is 5.52 Å². The molecule has 54 heavy (non-hydrogen) atoms. The van der Waals surface area contributed by atoms with E-state index in [0.717, 1.165) is 38.5 Å². The standard InChI is InChI=1S/C52H56N2/c1-8-10-30-53-31-29-38(9-2)19-18-20-39-34-46(45-27-25-41-33-42(52(5,6)7)32-36(3)50(41)51(45)37(39)4)40-26-28-49-47(35-40)44-23-16-11-12-17-24-48(44)54(49)43-21-14-13-15-22-43/h9-10,12-15,17-19,21-22,25-28,30-35H,8,11,16,20,23-24,29H2,1-7H3/b17-12-,19-18-,30-10-,38-9+,53-31-. The number of para-hydroxylation sites is 1. The smallest absolute Gasteiger partial charge is 0.0534 e. The molecule has 0 aliphatic heterocycles. The van der Waals surface area contributed by atoms with E-state index in [9.17, 15) is 0 Å². The minimum atomic E-state index is 0.0840. The first-order valence-corrected chi connectivity index (χ1v) is 20.0. The number of aromatic nitrogens is 1. The van der Waals surface area contributed by atoms with E-state index < -0.39 is 0 Å². The summed E-state index contributed by atoms with van der Waals surface area (Å²) in [6.07, 6.45) is 24.6. The van der Waals surface area contributed by atoms with Crippen LogP contribution in [0.5, 0.6) is 0 Å². The van der Waals surface area contributed by atoms with Crippen molar-refractivity contribution in [3.63, 3.8) is 0 Å². The summed E-state index contributed by atoms with van der Waals surface area (Å²) in [5, 5.41) is 6.81. The van der Waals surface area contributed by atoms with E-state index in [4.69, 9.17) is 0 Å². The number of rotatable bonds is 9. The van der Waals surface area contributed by atoms with E-state index in [-0.39, 0.29) is 5.41 Å². The van der Waals surface area contributed by atoms with Gasteiger partial charge in [-0.15, -0.1) is 0 Å². The second kappa shape index (κ2) is 16.0. The molecule has 0 fully saturated rings. The molecule has 0 radical (unpaired) electrons. The molecule has 0 saturated heterocycles. The van der Waals surface area contributed by atoms with Gasteiger partial charge in [-0.2, -0.15) is 0 Å². The summed E-state index contributed by atoms with van der Waals surface area (Å²) in [5.74, 6) is 0. The lowest BCUT2D eigenvalue weighted by atomic mass is 9.82. The topological polar surface area (TPSA) is 17.3 Å². The molecule has 6 aromatic rings. The Kier molecular flexibility index (Phi) is 11.0. The molecule has 0 saturated carbocycles. The summed E-state index contributed by atoms with van der Waals surface area (Å²) in [6.45, 7) is 15.8. The minimum absolute atomic E-state index is 0.0840. The van der Waals surface area contributed by atoms with Crippen LogP contribution in [-0.2, 0) is 24.7 Å². The number of aryl methyl sites for hydroxylation is 3. The van der Waals surface area contributed by atoms with Crippen molar-refractivity contribution in [1.82, 2.24) is 4.57 Å². The van der Waals surface area contributed by atoms with Gasteiger partial charge in [-0.25, -0.2) is 0 Å². The summed E-state index contributed by atoms with van der Waals surface area (Å²) < 4.78 is 2.51. The molecule has 7 rings (SSSR count). The van der Waals surface area contributed by atoms with Gasteiger partial charge in [0.15, 0.2) is 0 Å². The maximum atomic E-state index is 4.46. The zero-order valence-electron chi connectivity index (χ0n) is 33.5. The molecule has 0 bridgehead atoms. The number of fused-ring (bicyclic) bond motifs is 6. The molecular formula is C52H56N2. The molecule has 1 aliphatic rings. The highest BCUT2D eigenvalue weighted by Gasteiger charge is 2.22. The van der Waals surface area contributed by atoms with Gasteiger partial charge in [-0.1, -0.05) is 113 Å². The van der Waals surface area contributed by atoms with E-state index in [1.54, 1.807) is 0 Å².